The summed E-state index contributed by atoms with van der Waals surface area (Å²) in [6.45, 7) is 10.1. The molecule has 0 saturated carbocycles. The molecule has 19 heavy (non-hydrogen) atoms. The van der Waals surface area contributed by atoms with Crippen LogP contribution in [0.2, 0.25) is 0 Å². The first-order chi connectivity index (χ1) is 9.12. The van der Waals surface area contributed by atoms with Crippen LogP contribution < -0.4 is 10.1 Å². The van der Waals surface area contributed by atoms with Crippen molar-refractivity contribution in [1.29, 1.82) is 0 Å². The number of aryl methyl sites for hydroxylation is 1. The monoisotopic (exact) mass is 263 g/mol. The molecule has 1 aromatic carbocycles. The summed E-state index contributed by atoms with van der Waals surface area (Å²) < 4.78 is 5.48. The van der Waals surface area contributed by atoms with Crippen molar-refractivity contribution in [2.75, 3.05) is 13.7 Å². The molecule has 1 N–H and O–H groups in total. The van der Waals surface area contributed by atoms with E-state index in [9.17, 15) is 0 Å². The molecule has 0 aliphatic heterocycles. The Morgan fingerprint density at radius 3 is 2.58 bits per heavy atom. The van der Waals surface area contributed by atoms with E-state index < -0.39 is 0 Å². The topological polar surface area (TPSA) is 21.3 Å². The minimum atomic E-state index is 0.588. The molecule has 0 aliphatic rings. The van der Waals surface area contributed by atoms with E-state index in [1.165, 1.54) is 24.0 Å². The first-order valence-electron chi connectivity index (χ1n) is 7.49. The Labute approximate surface area is 118 Å². The van der Waals surface area contributed by atoms with E-state index in [4.69, 9.17) is 4.74 Å². The Morgan fingerprint density at radius 1 is 1.26 bits per heavy atom. The molecule has 0 fully saturated rings. The maximum absolute atomic E-state index is 5.48. The van der Waals surface area contributed by atoms with Gasteiger partial charge >= 0.3 is 0 Å². The average Bonchev–Trinajstić information content (AvgIpc) is 2.40. The van der Waals surface area contributed by atoms with E-state index in [2.05, 4.69) is 51.2 Å². The molecule has 2 heteroatoms. The van der Waals surface area contributed by atoms with E-state index in [1.807, 2.05) is 0 Å². The highest BCUT2D eigenvalue weighted by atomic mass is 16.5. The molecule has 0 bridgehead atoms. The first-order valence-corrected chi connectivity index (χ1v) is 7.49. The summed E-state index contributed by atoms with van der Waals surface area (Å²) in [6.07, 6.45) is 3.44. The largest absolute Gasteiger partial charge is 0.496 e. The van der Waals surface area contributed by atoms with Crippen molar-refractivity contribution in [1.82, 2.24) is 5.32 Å². The minimum Gasteiger partial charge on any atom is -0.496 e. The van der Waals surface area contributed by atoms with Gasteiger partial charge in [-0.3, -0.25) is 0 Å². The second-order valence-corrected chi connectivity index (χ2v) is 5.47. The SMILES string of the molecule is CCCNC(CC)C(C)Cc1cc(C)ccc1OC. The Hall–Kier alpha value is -1.02. The Morgan fingerprint density at radius 2 is 2.00 bits per heavy atom. The smallest absolute Gasteiger partial charge is 0.122 e. The van der Waals surface area contributed by atoms with Crippen molar-refractivity contribution in [3.05, 3.63) is 29.3 Å². The van der Waals surface area contributed by atoms with Crippen LogP contribution in [0, 0.1) is 12.8 Å². The normalized spacial score (nSPS) is 14.2. The summed E-state index contributed by atoms with van der Waals surface area (Å²) in [5.74, 6) is 1.63. The van der Waals surface area contributed by atoms with E-state index in [0.29, 0.717) is 12.0 Å². The lowest BCUT2D eigenvalue weighted by molar-refractivity contribution is 0.355. The Bertz CT molecular complexity index is 376. The number of nitrogens with one attached hydrogen (secondary N) is 1. The van der Waals surface area contributed by atoms with Gasteiger partial charge in [0.2, 0.25) is 0 Å². The van der Waals surface area contributed by atoms with Gasteiger partial charge in [-0.05, 0) is 50.3 Å². The zero-order chi connectivity index (χ0) is 14.3. The van der Waals surface area contributed by atoms with Gasteiger partial charge in [-0.25, -0.2) is 0 Å². The lowest BCUT2D eigenvalue weighted by Crippen LogP contribution is -2.35. The number of methoxy groups -OCH3 is 1. The summed E-state index contributed by atoms with van der Waals surface area (Å²) in [4.78, 5) is 0. The molecule has 2 atom stereocenters. The van der Waals surface area contributed by atoms with Crippen LogP contribution in [0.3, 0.4) is 0 Å². The van der Waals surface area contributed by atoms with E-state index >= 15 is 0 Å². The maximum atomic E-state index is 5.48. The second kappa shape index (κ2) is 8.21. The zero-order valence-corrected chi connectivity index (χ0v) is 13.1. The highest BCUT2D eigenvalue weighted by Crippen LogP contribution is 2.24. The Balaban J connectivity index is 2.73. The van der Waals surface area contributed by atoms with Crippen LogP contribution in [0.15, 0.2) is 18.2 Å². The van der Waals surface area contributed by atoms with Gasteiger partial charge < -0.3 is 10.1 Å². The number of benzene rings is 1. The maximum Gasteiger partial charge on any atom is 0.122 e. The van der Waals surface area contributed by atoms with Gasteiger partial charge in [0.05, 0.1) is 7.11 Å². The van der Waals surface area contributed by atoms with Gasteiger partial charge in [0, 0.05) is 6.04 Å². The molecule has 2 unspecified atom stereocenters. The summed E-state index contributed by atoms with van der Waals surface area (Å²) >= 11 is 0. The van der Waals surface area contributed by atoms with Crippen molar-refractivity contribution >= 4 is 0 Å². The van der Waals surface area contributed by atoms with Gasteiger partial charge in [0.1, 0.15) is 5.75 Å². The van der Waals surface area contributed by atoms with Crippen LogP contribution >= 0.6 is 0 Å². The van der Waals surface area contributed by atoms with Crippen LogP contribution in [0.25, 0.3) is 0 Å². The standard InChI is InChI=1S/C17H29NO/c1-6-10-18-16(7-2)14(4)12-15-11-13(3)8-9-17(15)19-5/h8-9,11,14,16,18H,6-7,10,12H2,1-5H3. The summed E-state index contributed by atoms with van der Waals surface area (Å²) in [7, 11) is 1.76. The van der Waals surface area contributed by atoms with Crippen LogP contribution in [0.5, 0.6) is 5.75 Å². The second-order valence-electron chi connectivity index (χ2n) is 5.47. The van der Waals surface area contributed by atoms with Crippen LogP contribution in [-0.2, 0) is 6.42 Å². The lowest BCUT2D eigenvalue weighted by Gasteiger charge is -2.25. The van der Waals surface area contributed by atoms with Gasteiger partial charge in [-0.15, -0.1) is 0 Å². The third-order valence-electron chi connectivity index (χ3n) is 3.76. The number of hydrogen-bond acceptors (Lipinski definition) is 2. The van der Waals surface area contributed by atoms with Crippen molar-refractivity contribution < 1.29 is 4.74 Å². The van der Waals surface area contributed by atoms with E-state index in [-0.39, 0.29) is 0 Å². The highest BCUT2D eigenvalue weighted by Gasteiger charge is 2.17. The molecule has 1 rings (SSSR count). The molecular weight excluding hydrogens is 234 g/mol. The van der Waals surface area contributed by atoms with Crippen LogP contribution in [0.1, 0.15) is 44.7 Å². The van der Waals surface area contributed by atoms with Crippen molar-refractivity contribution in [2.45, 2.75) is 53.0 Å². The van der Waals surface area contributed by atoms with Gasteiger partial charge in [-0.1, -0.05) is 38.5 Å². The van der Waals surface area contributed by atoms with E-state index in [0.717, 1.165) is 18.7 Å². The van der Waals surface area contributed by atoms with Crippen molar-refractivity contribution in [3.8, 4) is 5.75 Å². The van der Waals surface area contributed by atoms with Crippen molar-refractivity contribution in [3.63, 3.8) is 0 Å². The molecule has 0 saturated heterocycles. The molecule has 0 radical (unpaired) electrons. The molecule has 0 aliphatic carbocycles. The third-order valence-corrected chi connectivity index (χ3v) is 3.76. The fourth-order valence-corrected chi connectivity index (χ4v) is 2.63. The fourth-order valence-electron chi connectivity index (χ4n) is 2.63. The summed E-state index contributed by atoms with van der Waals surface area (Å²) in [5.41, 5.74) is 2.63. The summed E-state index contributed by atoms with van der Waals surface area (Å²) in [6, 6.07) is 7.03. The lowest BCUT2D eigenvalue weighted by atomic mass is 9.91. The molecule has 0 heterocycles. The first kappa shape index (κ1) is 16.0. The molecule has 0 amide bonds. The molecule has 0 aromatic heterocycles. The summed E-state index contributed by atoms with van der Waals surface area (Å²) in [5, 5.41) is 3.65. The fraction of sp³-hybridized carbons (Fsp3) is 0.647. The molecule has 1 aromatic rings. The highest BCUT2D eigenvalue weighted by molar-refractivity contribution is 5.37. The predicted octanol–water partition coefficient (Wildman–Crippen LogP) is 3.96. The number of ether oxygens (including phenoxy) is 1. The molecule has 108 valence electrons. The quantitative estimate of drug-likeness (QED) is 0.766. The van der Waals surface area contributed by atoms with E-state index in [1.54, 1.807) is 7.11 Å². The van der Waals surface area contributed by atoms with Gasteiger partial charge in [0.25, 0.3) is 0 Å². The molecule has 2 nitrogen and oxygen atoms in total. The van der Waals surface area contributed by atoms with Gasteiger partial charge in [-0.2, -0.15) is 0 Å². The van der Waals surface area contributed by atoms with Crippen LogP contribution in [0.4, 0.5) is 0 Å². The predicted molar refractivity (Wildman–Crippen MR) is 83.0 cm³/mol. The third kappa shape index (κ3) is 4.87. The number of rotatable bonds is 8. The molecular formula is C17H29NO. The van der Waals surface area contributed by atoms with Crippen molar-refractivity contribution in [2.24, 2.45) is 5.92 Å². The number of hydrogen-bond donors (Lipinski definition) is 1. The Kier molecular flexibility index (Phi) is 6.93. The average molecular weight is 263 g/mol. The zero-order valence-electron chi connectivity index (χ0n) is 13.1. The van der Waals surface area contributed by atoms with Gasteiger partial charge in [0.15, 0.2) is 0 Å². The van der Waals surface area contributed by atoms with Crippen LogP contribution in [-0.4, -0.2) is 19.7 Å². The minimum absolute atomic E-state index is 0.588. The molecule has 0 spiro atoms.